The van der Waals surface area contributed by atoms with Crippen molar-refractivity contribution in [2.24, 2.45) is 0 Å². The number of nitrogens with one attached hydrogen (secondary N) is 1. The number of carboxylic acids is 1. The van der Waals surface area contributed by atoms with Gasteiger partial charge in [0.25, 0.3) is 0 Å². The number of hydrogen-bond acceptors (Lipinski definition) is 5. The number of carbonyl (C=O) groups is 1. The second kappa shape index (κ2) is 6.10. The fraction of sp³-hybridized carbons (Fsp3) is 0.0625. The lowest BCUT2D eigenvalue weighted by molar-refractivity contribution is 0.0697. The highest BCUT2D eigenvalue weighted by Crippen LogP contribution is 2.26. The maximum absolute atomic E-state index is 10.8. The summed E-state index contributed by atoms with van der Waals surface area (Å²) in [6.45, 7) is 0.415. The van der Waals surface area contributed by atoms with Crippen molar-refractivity contribution in [1.29, 1.82) is 0 Å². The number of aromatic hydroxyl groups is 1. The normalized spacial score (nSPS) is 10.7. The van der Waals surface area contributed by atoms with Gasteiger partial charge in [0.2, 0.25) is 0 Å². The Morgan fingerprint density at radius 2 is 1.87 bits per heavy atom. The number of rotatable bonds is 4. The number of fused-ring (bicyclic) bond motifs is 1. The number of aromatic carboxylic acids is 1. The molecule has 0 amide bonds. The van der Waals surface area contributed by atoms with E-state index in [4.69, 9.17) is 16.7 Å². The summed E-state index contributed by atoms with van der Waals surface area (Å²) in [5.74, 6) is -0.511. The van der Waals surface area contributed by atoms with Crippen LogP contribution in [0.1, 0.15) is 15.9 Å². The lowest BCUT2D eigenvalue weighted by Gasteiger charge is -2.09. The third kappa shape index (κ3) is 3.32. The molecular formula is C16H12ClN3O3. The molecule has 0 fully saturated rings. The summed E-state index contributed by atoms with van der Waals surface area (Å²) in [6.07, 6.45) is 0. The third-order valence-corrected chi connectivity index (χ3v) is 3.54. The molecule has 3 aromatic rings. The van der Waals surface area contributed by atoms with Crippen LogP contribution in [0.3, 0.4) is 0 Å². The van der Waals surface area contributed by atoms with E-state index in [1.807, 2.05) is 0 Å². The zero-order chi connectivity index (χ0) is 16.4. The minimum absolute atomic E-state index is 0.227. The molecule has 0 radical (unpaired) electrons. The first kappa shape index (κ1) is 15.1. The summed E-state index contributed by atoms with van der Waals surface area (Å²) in [5, 5.41) is 22.8. The predicted molar refractivity (Wildman–Crippen MR) is 86.9 cm³/mol. The molecule has 0 unspecified atom stereocenters. The van der Waals surface area contributed by atoms with Crippen molar-refractivity contribution in [1.82, 2.24) is 9.97 Å². The molecule has 23 heavy (non-hydrogen) atoms. The minimum atomic E-state index is -0.967. The Hall–Kier alpha value is -2.86. The van der Waals surface area contributed by atoms with Crippen LogP contribution in [0, 0.1) is 0 Å². The summed E-state index contributed by atoms with van der Waals surface area (Å²) < 4.78 is 0. The van der Waals surface area contributed by atoms with Crippen molar-refractivity contribution in [2.75, 3.05) is 5.32 Å². The van der Waals surface area contributed by atoms with Crippen LogP contribution >= 0.6 is 11.6 Å². The lowest BCUT2D eigenvalue weighted by Crippen LogP contribution is -2.04. The number of anilines is 1. The van der Waals surface area contributed by atoms with Gasteiger partial charge < -0.3 is 15.5 Å². The van der Waals surface area contributed by atoms with Gasteiger partial charge in [-0.2, -0.15) is 9.97 Å². The van der Waals surface area contributed by atoms with Gasteiger partial charge in [-0.25, -0.2) is 4.79 Å². The fourth-order valence-corrected chi connectivity index (χ4v) is 2.35. The van der Waals surface area contributed by atoms with Gasteiger partial charge in [-0.15, -0.1) is 0 Å². The van der Waals surface area contributed by atoms with Crippen LogP contribution in [0.4, 0.5) is 5.82 Å². The van der Waals surface area contributed by atoms with Gasteiger partial charge in [0.1, 0.15) is 5.82 Å². The van der Waals surface area contributed by atoms with E-state index in [0.717, 1.165) is 5.56 Å². The first-order chi connectivity index (χ1) is 11.0. The highest BCUT2D eigenvalue weighted by Gasteiger charge is 2.08. The minimum Gasteiger partial charge on any atom is -0.479 e. The Bertz CT molecular complexity index is 882. The zero-order valence-electron chi connectivity index (χ0n) is 11.8. The summed E-state index contributed by atoms with van der Waals surface area (Å²) in [6, 6.07) is 11.3. The second-order valence-electron chi connectivity index (χ2n) is 4.89. The Morgan fingerprint density at radius 3 is 2.57 bits per heavy atom. The van der Waals surface area contributed by atoms with Crippen LogP contribution in [-0.4, -0.2) is 26.2 Å². The molecule has 3 rings (SSSR count). The zero-order valence-corrected chi connectivity index (χ0v) is 12.6. The Balaban J connectivity index is 1.86. The summed E-state index contributed by atoms with van der Waals surface area (Å²) >= 11 is 5.99. The molecule has 0 aliphatic rings. The number of aromatic nitrogens is 2. The number of halogens is 1. The second-order valence-corrected chi connectivity index (χ2v) is 5.33. The van der Waals surface area contributed by atoms with Crippen molar-refractivity contribution in [3.8, 4) is 6.01 Å². The first-order valence-electron chi connectivity index (χ1n) is 6.75. The molecule has 6 nitrogen and oxygen atoms in total. The van der Waals surface area contributed by atoms with Crippen LogP contribution in [0.5, 0.6) is 6.01 Å². The van der Waals surface area contributed by atoms with E-state index >= 15 is 0 Å². The number of carboxylic acid groups (broad SMARTS) is 1. The molecule has 0 atom stereocenters. The molecule has 2 aromatic carbocycles. The number of benzene rings is 2. The molecule has 7 heteroatoms. The highest BCUT2D eigenvalue weighted by atomic mass is 35.5. The van der Waals surface area contributed by atoms with Gasteiger partial charge in [-0.3, -0.25) is 0 Å². The van der Waals surface area contributed by atoms with Gasteiger partial charge in [0.05, 0.1) is 11.1 Å². The Labute approximate surface area is 136 Å². The topological polar surface area (TPSA) is 95.3 Å². The van der Waals surface area contributed by atoms with E-state index in [1.165, 1.54) is 12.1 Å². The quantitative estimate of drug-likeness (QED) is 0.679. The maximum Gasteiger partial charge on any atom is 0.335 e. The molecule has 0 aliphatic carbocycles. The molecule has 1 aromatic heterocycles. The van der Waals surface area contributed by atoms with Crippen molar-refractivity contribution < 1.29 is 15.0 Å². The summed E-state index contributed by atoms with van der Waals surface area (Å²) in [7, 11) is 0. The Kier molecular flexibility index (Phi) is 3.99. The first-order valence-corrected chi connectivity index (χ1v) is 7.13. The van der Waals surface area contributed by atoms with Crippen LogP contribution in [0.2, 0.25) is 5.02 Å². The van der Waals surface area contributed by atoms with Gasteiger partial charge >= 0.3 is 12.0 Å². The van der Waals surface area contributed by atoms with Crippen molar-refractivity contribution in [3.05, 3.63) is 58.6 Å². The summed E-state index contributed by atoms with van der Waals surface area (Å²) in [5.41, 5.74) is 1.68. The van der Waals surface area contributed by atoms with Crippen molar-refractivity contribution in [3.63, 3.8) is 0 Å². The number of hydrogen-bond donors (Lipinski definition) is 3. The van der Waals surface area contributed by atoms with Crippen LogP contribution in [-0.2, 0) is 6.54 Å². The van der Waals surface area contributed by atoms with Crippen molar-refractivity contribution >= 4 is 34.3 Å². The van der Waals surface area contributed by atoms with Gasteiger partial charge in [-0.1, -0.05) is 23.7 Å². The molecule has 0 saturated carbocycles. The molecule has 1 heterocycles. The van der Waals surface area contributed by atoms with E-state index in [2.05, 4.69) is 15.3 Å². The molecule has 3 N–H and O–H groups in total. The standard InChI is InChI=1S/C16H12ClN3O3/c17-11-5-6-13-12(7-11)14(20-16(23)19-13)18-8-9-1-3-10(4-2-9)15(21)22/h1-7H,8H2,(H,21,22)(H2,18,19,20,23). The van der Waals surface area contributed by atoms with Crippen LogP contribution in [0.25, 0.3) is 10.9 Å². The predicted octanol–water partition coefficient (Wildman–Crippen LogP) is 3.30. The lowest BCUT2D eigenvalue weighted by atomic mass is 10.1. The van der Waals surface area contributed by atoms with E-state index in [0.29, 0.717) is 28.3 Å². The van der Waals surface area contributed by atoms with Crippen LogP contribution in [0.15, 0.2) is 42.5 Å². The van der Waals surface area contributed by atoms with Gasteiger partial charge in [-0.05, 0) is 35.9 Å². The third-order valence-electron chi connectivity index (χ3n) is 3.31. The number of nitrogens with zero attached hydrogens (tertiary/aromatic N) is 2. The van der Waals surface area contributed by atoms with Gasteiger partial charge in [0, 0.05) is 17.0 Å². The molecule has 0 spiro atoms. The molecule has 0 saturated heterocycles. The summed E-state index contributed by atoms with van der Waals surface area (Å²) in [4.78, 5) is 18.8. The molecule has 116 valence electrons. The monoisotopic (exact) mass is 329 g/mol. The van der Waals surface area contributed by atoms with E-state index in [9.17, 15) is 9.90 Å². The maximum atomic E-state index is 10.8. The van der Waals surface area contributed by atoms with Crippen LogP contribution < -0.4 is 5.32 Å². The average Bonchev–Trinajstić information content (AvgIpc) is 2.53. The van der Waals surface area contributed by atoms with E-state index in [1.54, 1.807) is 30.3 Å². The highest BCUT2D eigenvalue weighted by molar-refractivity contribution is 6.31. The molecular weight excluding hydrogens is 318 g/mol. The molecule has 0 bridgehead atoms. The molecule has 0 aliphatic heterocycles. The van der Waals surface area contributed by atoms with E-state index < -0.39 is 5.97 Å². The van der Waals surface area contributed by atoms with E-state index in [-0.39, 0.29) is 11.6 Å². The Morgan fingerprint density at radius 1 is 1.13 bits per heavy atom. The van der Waals surface area contributed by atoms with Crippen molar-refractivity contribution in [2.45, 2.75) is 6.54 Å². The average molecular weight is 330 g/mol. The SMILES string of the molecule is O=C(O)c1ccc(CNc2nc(O)nc3ccc(Cl)cc23)cc1. The smallest absolute Gasteiger partial charge is 0.335 e. The fourth-order valence-electron chi connectivity index (χ4n) is 2.17. The van der Waals surface area contributed by atoms with Gasteiger partial charge in [0.15, 0.2) is 0 Å². The largest absolute Gasteiger partial charge is 0.479 e.